The zero-order valence-corrected chi connectivity index (χ0v) is 12.9. The first-order chi connectivity index (χ1) is 9.53. The molecule has 1 aromatic heterocycles. The minimum absolute atomic E-state index is 0.230. The lowest BCUT2D eigenvalue weighted by molar-refractivity contribution is 0.498. The molecule has 0 bridgehead atoms. The SMILES string of the molecule is CCNc1ccncc1S(=O)(=O)NCC1CCC(C)C1. The number of rotatable bonds is 6. The maximum atomic E-state index is 12.4. The summed E-state index contributed by atoms with van der Waals surface area (Å²) in [6.07, 6.45) is 6.40. The van der Waals surface area contributed by atoms with Crippen molar-refractivity contribution in [2.45, 2.75) is 38.0 Å². The monoisotopic (exact) mass is 297 g/mol. The van der Waals surface area contributed by atoms with Crippen LogP contribution in [0.5, 0.6) is 0 Å². The van der Waals surface area contributed by atoms with Crippen LogP contribution in [0, 0.1) is 11.8 Å². The number of hydrogen-bond acceptors (Lipinski definition) is 4. The second-order valence-corrected chi connectivity index (χ2v) is 7.27. The Morgan fingerprint density at radius 1 is 1.40 bits per heavy atom. The summed E-state index contributed by atoms with van der Waals surface area (Å²) < 4.78 is 27.5. The molecule has 5 nitrogen and oxygen atoms in total. The Morgan fingerprint density at radius 3 is 2.85 bits per heavy atom. The summed E-state index contributed by atoms with van der Waals surface area (Å²) in [7, 11) is -3.49. The summed E-state index contributed by atoms with van der Waals surface area (Å²) in [5.74, 6) is 1.17. The molecule has 0 saturated heterocycles. The summed E-state index contributed by atoms with van der Waals surface area (Å²) in [6.45, 7) is 5.35. The van der Waals surface area contributed by atoms with E-state index in [0.717, 1.165) is 12.8 Å². The van der Waals surface area contributed by atoms with E-state index in [4.69, 9.17) is 0 Å². The summed E-state index contributed by atoms with van der Waals surface area (Å²) in [5, 5.41) is 3.06. The molecule has 6 heteroatoms. The third-order valence-electron chi connectivity index (χ3n) is 3.81. The molecule has 2 unspecified atom stereocenters. The molecule has 0 spiro atoms. The van der Waals surface area contributed by atoms with Gasteiger partial charge in [0.2, 0.25) is 10.0 Å². The van der Waals surface area contributed by atoms with Crippen LogP contribution in [-0.4, -0.2) is 26.5 Å². The summed E-state index contributed by atoms with van der Waals surface area (Å²) in [5.41, 5.74) is 0.606. The molecule has 1 aliphatic rings. The number of anilines is 1. The average molecular weight is 297 g/mol. The van der Waals surface area contributed by atoms with Gasteiger partial charge in [0.05, 0.1) is 5.69 Å². The van der Waals surface area contributed by atoms with E-state index in [1.165, 1.54) is 12.6 Å². The van der Waals surface area contributed by atoms with Crippen LogP contribution in [0.3, 0.4) is 0 Å². The summed E-state index contributed by atoms with van der Waals surface area (Å²) in [6, 6.07) is 1.69. The van der Waals surface area contributed by atoms with Crippen molar-refractivity contribution < 1.29 is 8.42 Å². The molecular formula is C14H23N3O2S. The first-order valence-corrected chi connectivity index (χ1v) is 8.68. The van der Waals surface area contributed by atoms with Gasteiger partial charge in [0.15, 0.2) is 0 Å². The quantitative estimate of drug-likeness (QED) is 0.844. The fourth-order valence-electron chi connectivity index (χ4n) is 2.75. The Kier molecular flexibility index (Phi) is 4.99. The zero-order valence-electron chi connectivity index (χ0n) is 12.1. The van der Waals surface area contributed by atoms with Gasteiger partial charge in [-0.3, -0.25) is 4.98 Å². The first-order valence-electron chi connectivity index (χ1n) is 7.20. The Labute approximate surface area is 121 Å². The third kappa shape index (κ3) is 3.70. The number of aromatic nitrogens is 1. The van der Waals surface area contributed by atoms with E-state index in [-0.39, 0.29) is 4.90 Å². The third-order valence-corrected chi connectivity index (χ3v) is 5.26. The lowest BCUT2D eigenvalue weighted by Gasteiger charge is -2.14. The normalized spacial score (nSPS) is 22.9. The highest BCUT2D eigenvalue weighted by molar-refractivity contribution is 7.89. The minimum atomic E-state index is -3.49. The summed E-state index contributed by atoms with van der Waals surface area (Å²) >= 11 is 0. The van der Waals surface area contributed by atoms with Gasteiger partial charge in [-0.25, -0.2) is 13.1 Å². The van der Waals surface area contributed by atoms with Crippen LogP contribution >= 0.6 is 0 Å². The molecule has 1 heterocycles. The molecule has 1 aromatic rings. The van der Waals surface area contributed by atoms with Crippen molar-refractivity contribution in [3.05, 3.63) is 18.5 Å². The van der Waals surface area contributed by atoms with Crippen LogP contribution in [0.2, 0.25) is 0 Å². The molecule has 1 fully saturated rings. The van der Waals surface area contributed by atoms with Crippen LogP contribution in [-0.2, 0) is 10.0 Å². The fraction of sp³-hybridized carbons (Fsp3) is 0.643. The van der Waals surface area contributed by atoms with Crippen molar-refractivity contribution in [1.29, 1.82) is 0 Å². The van der Waals surface area contributed by atoms with E-state index in [2.05, 4.69) is 21.9 Å². The molecule has 2 rings (SSSR count). The molecule has 0 aromatic carbocycles. The van der Waals surface area contributed by atoms with Crippen molar-refractivity contribution in [1.82, 2.24) is 9.71 Å². The van der Waals surface area contributed by atoms with Crippen molar-refractivity contribution in [2.24, 2.45) is 11.8 Å². The van der Waals surface area contributed by atoms with Crippen LogP contribution in [0.4, 0.5) is 5.69 Å². The van der Waals surface area contributed by atoms with E-state index >= 15 is 0 Å². The van der Waals surface area contributed by atoms with Gasteiger partial charge < -0.3 is 5.32 Å². The van der Waals surface area contributed by atoms with Crippen LogP contribution < -0.4 is 10.0 Å². The van der Waals surface area contributed by atoms with E-state index < -0.39 is 10.0 Å². The highest BCUT2D eigenvalue weighted by Crippen LogP contribution is 2.30. The van der Waals surface area contributed by atoms with Gasteiger partial charge in [0, 0.05) is 25.5 Å². The lowest BCUT2D eigenvalue weighted by atomic mass is 10.1. The molecule has 0 radical (unpaired) electrons. The van der Waals surface area contributed by atoms with Gasteiger partial charge in [0.1, 0.15) is 4.90 Å². The largest absolute Gasteiger partial charge is 0.384 e. The Morgan fingerprint density at radius 2 is 2.20 bits per heavy atom. The number of hydrogen-bond donors (Lipinski definition) is 2. The molecule has 112 valence electrons. The standard InChI is InChI=1S/C14H23N3O2S/c1-3-16-13-6-7-15-10-14(13)20(18,19)17-9-12-5-4-11(2)8-12/h6-7,10-12,17H,3-5,8-9H2,1-2H3,(H,15,16). The second kappa shape index (κ2) is 6.54. The van der Waals surface area contributed by atoms with E-state index in [9.17, 15) is 8.42 Å². The van der Waals surface area contributed by atoms with Crippen molar-refractivity contribution in [2.75, 3.05) is 18.4 Å². The van der Waals surface area contributed by atoms with Crippen LogP contribution in [0.15, 0.2) is 23.4 Å². The van der Waals surface area contributed by atoms with E-state index in [0.29, 0.717) is 30.6 Å². The Bertz CT molecular complexity index is 545. The van der Waals surface area contributed by atoms with E-state index in [1.54, 1.807) is 12.3 Å². The van der Waals surface area contributed by atoms with Gasteiger partial charge >= 0.3 is 0 Å². The molecule has 1 saturated carbocycles. The predicted octanol–water partition coefficient (Wildman–Crippen LogP) is 2.23. The van der Waals surface area contributed by atoms with Crippen molar-refractivity contribution >= 4 is 15.7 Å². The molecule has 20 heavy (non-hydrogen) atoms. The van der Waals surface area contributed by atoms with Gasteiger partial charge in [-0.2, -0.15) is 0 Å². The maximum absolute atomic E-state index is 12.4. The predicted molar refractivity (Wildman–Crippen MR) is 80.1 cm³/mol. The smallest absolute Gasteiger partial charge is 0.244 e. The number of nitrogens with one attached hydrogen (secondary N) is 2. The zero-order chi connectivity index (χ0) is 14.6. The molecule has 2 N–H and O–H groups in total. The van der Waals surface area contributed by atoms with Gasteiger partial charge in [-0.15, -0.1) is 0 Å². The number of pyridine rings is 1. The Balaban J connectivity index is 2.06. The van der Waals surface area contributed by atoms with Gasteiger partial charge in [-0.1, -0.05) is 13.3 Å². The second-order valence-electron chi connectivity index (χ2n) is 5.54. The van der Waals surface area contributed by atoms with Gasteiger partial charge in [-0.05, 0) is 37.7 Å². The Hall–Kier alpha value is -1.14. The molecule has 2 atom stereocenters. The molecule has 1 aliphatic carbocycles. The van der Waals surface area contributed by atoms with Crippen LogP contribution in [0.25, 0.3) is 0 Å². The highest BCUT2D eigenvalue weighted by Gasteiger charge is 2.24. The first kappa shape index (κ1) is 15.3. The van der Waals surface area contributed by atoms with E-state index in [1.807, 2.05) is 6.92 Å². The highest BCUT2D eigenvalue weighted by atomic mass is 32.2. The number of nitrogens with zero attached hydrogens (tertiary/aromatic N) is 1. The fourth-order valence-corrected chi connectivity index (χ4v) is 3.99. The van der Waals surface area contributed by atoms with Crippen molar-refractivity contribution in [3.63, 3.8) is 0 Å². The lowest BCUT2D eigenvalue weighted by Crippen LogP contribution is -2.29. The molecule has 0 aliphatic heterocycles. The number of sulfonamides is 1. The molecular weight excluding hydrogens is 274 g/mol. The van der Waals surface area contributed by atoms with Crippen molar-refractivity contribution in [3.8, 4) is 0 Å². The van der Waals surface area contributed by atoms with Crippen LogP contribution in [0.1, 0.15) is 33.1 Å². The average Bonchev–Trinajstić information content (AvgIpc) is 2.83. The minimum Gasteiger partial charge on any atom is -0.384 e. The maximum Gasteiger partial charge on any atom is 0.244 e. The summed E-state index contributed by atoms with van der Waals surface area (Å²) in [4.78, 5) is 4.16. The topological polar surface area (TPSA) is 71.1 Å². The van der Waals surface area contributed by atoms with Gasteiger partial charge in [0.25, 0.3) is 0 Å². The molecule has 0 amide bonds.